The summed E-state index contributed by atoms with van der Waals surface area (Å²) in [5.74, 6) is 0.385. The molecular formula is C10H22N2O2S2. The lowest BCUT2D eigenvalue weighted by Crippen LogP contribution is -2.44. The van der Waals surface area contributed by atoms with E-state index in [2.05, 4.69) is 30.8 Å². The quantitative estimate of drug-likeness (QED) is 0.710. The Morgan fingerprint density at radius 1 is 1.38 bits per heavy atom. The van der Waals surface area contributed by atoms with Crippen LogP contribution in [0.5, 0.6) is 0 Å². The standard InChI is InChI=1S/C10H22N2O2S2/c1-7(2)10(4,5)6-12-16(13,14)8(3)9(11)15/h7-8,12H,6H2,1-5H3,(H2,11,15). The lowest BCUT2D eigenvalue weighted by Gasteiger charge is -2.29. The summed E-state index contributed by atoms with van der Waals surface area (Å²) < 4.78 is 26.1. The van der Waals surface area contributed by atoms with Crippen LogP contribution in [0.15, 0.2) is 0 Å². The van der Waals surface area contributed by atoms with E-state index < -0.39 is 15.3 Å². The van der Waals surface area contributed by atoms with E-state index in [1.807, 2.05) is 13.8 Å². The van der Waals surface area contributed by atoms with Crippen molar-refractivity contribution in [1.82, 2.24) is 4.72 Å². The van der Waals surface area contributed by atoms with E-state index in [0.717, 1.165) is 0 Å². The van der Waals surface area contributed by atoms with Gasteiger partial charge in [-0.2, -0.15) is 0 Å². The smallest absolute Gasteiger partial charge is 0.220 e. The molecule has 0 spiro atoms. The molecule has 0 aromatic heterocycles. The average molecular weight is 266 g/mol. The second-order valence-electron chi connectivity index (χ2n) is 5.05. The van der Waals surface area contributed by atoms with Crippen molar-refractivity contribution < 1.29 is 8.42 Å². The van der Waals surface area contributed by atoms with Crippen LogP contribution in [-0.2, 0) is 10.0 Å². The molecule has 0 aromatic carbocycles. The molecule has 1 atom stereocenters. The highest BCUT2D eigenvalue weighted by molar-refractivity contribution is 7.93. The summed E-state index contributed by atoms with van der Waals surface area (Å²) in [6.45, 7) is 10.0. The van der Waals surface area contributed by atoms with Crippen LogP contribution in [0.1, 0.15) is 34.6 Å². The fourth-order valence-corrected chi connectivity index (χ4v) is 2.28. The third-order valence-electron chi connectivity index (χ3n) is 3.16. The Balaban J connectivity index is 4.59. The van der Waals surface area contributed by atoms with Gasteiger partial charge in [0.2, 0.25) is 10.0 Å². The van der Waals surface area contributed by atoms with Crippen molar-refractivity contribution in [3.05, 3.63) is 0 Å². The van der Waals surface area contributed by atoms with Gasteiger partial charge < -0.3 is 5.73 Å². The zero-order chi connectivity index (χ0) is 13.1. The molecule has 16 heavy (non-hydrogen) atoms. The van der Waals surface area contributed by atoms with Crippen LogP contribution in [0.4, 0.5) is 0 Å². The topological polar surface area (TPSA) is 72.2 Å². The molecule has 6 heteroatoms. The van der Waals surface area contributed by atoms with Gasteiger partial charge in [0.15, 0.2) is 0 Å². The first kappa shape index (κ1) is 15.8. The van der Waals surface area contributed by atoms with Gasteiger partial charge in [-0.05, 0) is 18.3 Å². The van der Waals surface area contributed by atoms with Crippen LogP contribution in [0.2, 0.25) is 0 Å². The van der Waals surface area contributed by atoms with Gasteiger partial charge in [0, 0.05) is 6.54 Å². The molecule has 0 saturated heterocycles. The fraction of sp³-hybridized carbons (Fsp3) is 0.900. The van der Waals surface area contributed by atoms with Crippen LogP contribution in [0.25, 0.3) is 0 Å². The molecule has 0 aliphatic carbocycles. The van der Waals surface area contributed by atoms with Crippen molar-refractivity contribution in [3.8, 4) is 0 Å². The van der Waals surface area contributed by atoms with E-state index in [9.17, 15) is 8.42 Å². The second-order valence-corrected chi connectivity index (χ2v) is 7.61. The Morgan fingerprint density at radius 3 is 2.12 bits per heavy atom. The van der Waals surface area contributed by atoms with Crippen molar-refractivity contribution in [3.63, 3.8) is 0 Å². The number of nitrogens with two attached hydrogens (primary N) is 1. The molecule has 96 valence electrons. The molecule has 3 N–H and O–H groups in total. The van der Waals surface area contributed by atoms with Gasteiger partial charge >= 0.3 is 0 Å². The minimum Gasteiger partial charge on any atom is -0.392 e. The fourth-order valence-electron chi connectivity index (χ4n) is 0.769. The minimum absolute atomic E-state index is 0.00477. The molecule has 0 saturated carbocycles. The summed E-state index contributed by atoms with van der Waals surface area (Å²) in [5.41, 5.74) is 5.24. The molecule has 0 aliphatic rings. The van der Waals surface area contributed by atoms with Crippen molar-refractivity contribution in [2.24, 2.45) is 17.1 Å². The summed E-state index contributed by atoms with van der Waals surface area (Å²) in [5, 5.41) is -0.828. The highest BCUT2D eigenvalue weighted by Gasteiger charge is 2.28. The van der Waals surface area contributed by atoms with Gasteiger partial charge in [0.05, 0.1) is 4.99 Å². The number of hydrogen-bond acceptors (Lipinski definition) is 3. The molecule has 0 bridgehead atoms. The van der Waals surface area contributed by atoms with Crippen LogP contribution in [0.3, 0.4) is 0 Å². The first-order valence-corrected chi connectivity index (χ1v) is 7.24. The van der Waals surface area contributed by atoms with E-state index in [0.29, 0.717) is 12.5 Å². The van der Waals surface area contributed by atoms with E-state index in [1.54, 1.807) is 0 Å². The lowest BCUT2D eigenvalue weighted by atomic mass is 9.81. The molecule has 1 unspecified atom stereocenters. The van der Waals surface area contributed by atoms with Gasteiger partial charge in [0.1, 0.15) is 5.25 Å². The van der Waals surface area contributed by atoms with Crippen LogP contribution in [0, 0.1) is 11.3 Å². The third kappa shape index (κ3) is 4.35. The third-order valence-corrected chi connectivity index (χ3v) is 5.39. The Labute approximate surface area is 104 Å². The van der Waals surface area contributed by atoms with Gasteiger partial charge in [-0.1, -0.05) is 39.9 Å². The van der Waals surface area contributed by atoms with Crippen LogP contribution in [-0.4, -0.2) is 25.2 Å². The first-order chi connectivity index (χ1) is 7.00. The SMILES string of the molecule is CC(C)C(C)(C)CNS(=O)(=O)C(C)C(N)=S. The Hall–Kier alpha value is -0.200. The highest BCUT2D eigenvalue weighted by atomic mass is 32.2. The Bertz CT molecular complexity index is 348. The zero-order valence-electron chi connectivity index (χ0n) is 10.6. The maximum atomic E-state index is 11.8. The predicted octanol–water partition coefficient (Wildman–Crippen LogP) is 1.26. The summed E-state index contributed by atoms with van der Waals surface area (Å²) >= 11 is 4.68. The monoisotopic (exact) mass is 266 g/mol. The first-order valence-electron chi connectivity index (χ1n) is 5.28. The lowest BCUT2D eigenvalue weighted by molar-refractivity contribution is 0.252. The maximum absolute atomic E-state index is 11.8. The molecule has 0 radical (unpaired) electrons. The normalized spacial score (nSPS) is 15.1. The number of hydrogen-bond donors (Lipinski definition) is 2. The van der Waals surface area contributed by atoms with Gasteiger partial charge in [-0.25, -0.2) is 13.1 Å². The molecule has 0 rings (SSSR count). The summed E-state index contributed by atoms with van der Waals surface area (Å²) in [7, 11) is -3.44. The van der Waals surface area contributed by atoms with Gasteiger partial charge in [-0.15, -0.1) is 0 Å². The molecule has 0 fully saturated rings. The van der Waals surface area contributed by atoms with Crippen molar-refractivity contribution >= 4 is 27.2 Å². The van der Waals surface area contributed by atoms with E-state index in [4.69, 9.17) is 5.73 Å². The van der Waals surface area contributed by atoms with Crippen molar-refractivity contribution in [2.75, 3.05) is 6.54 Å². The number of sulfonamides is 1. The summed E-state index contributed by atoms with van der Waals surface area (Å²) in [4.78, 5) is -0.00477. The summed E-state index contributed by atoms with van der Waals surface area (Å²) in [6, 6.07) is 0. The largest absolute Gasteiger partial charge is 0.392 e. The molecule has 0 aromatic rings. The number of rotatable bonds is 6. The molecule has 0 aliphatic heterocycles. The Kier molecular flexibility index (Phi) is 5.35. The van der Waals surface area contributed by atoms with E-state index in [1.165, 1.54) is 6.92 Å². The predicted molar refractivity (Wildman–Crippen MR) is 71.8 cm³/mol. The van der Waals surface area contributed by atoms with Crippen molar-refractivity contribution in [2.45, 2.75) is 39.9 Å². The Morgan fingerprint density at radius 2 is 1.81 bits per heavy atom. The van der Waals surface area contributed by atoms with Gasteiger partial charge in [0.25, 0.3) is 0 Å². The van der Waals surface area contributed by atoms with E-state index in [-0.39, 0.29) is 10.4 Å². The molecule has 0 heterocycles. The number of thiocarbonyl (C=S) groups is 1. The molecule has 0 amide bonds. The van der Waals surface area contributed by atoms with Crippen LogP contribution < -0.4 is 10.5 Å². The zero-order valence-corrected chi connectivity index (χ0v) is 12.2. The summed E-state index contributed by atoms with van der Waals surface area (Å²) in [6.07, 6.45) is 0. The average Bonchev–Trinajstić information content (AvgIpc) is 2.13. The van der Waals surface area contributed by atoms with Crippen LogP contribution >= 0.6 is 12.2 Å². The molecular weight excluding hydrogens is 244 g/mol. The number of nitrogens with one attached hydrogen (secondary N) is 1. The van der Waals surface area contributed by atoms with Gasteiger partial charge in [-0.3, -0.25) is 0 Å². The van der Waals surface area contributed by atoms with Crippen molar-refractivity contribution in [1.29, 1.82) is 0 Å². The molecule has 4 nitrogen and oxygen atoms in total. The second kappa shape index (κ2) is 5.42. The highest BCUT2D eigenvalue weighted by Crippen LogP contribution is 2.25. The maximum Gasteiger partial charge on any atom is 0.220 e. The minimum atomic E-state index is -3.44. The van der Waals surface area contributed by atoms with E-state index >= 15 is 0 Å².